The molecule has 0 unspecified atom stereocenters. The molecule has 1 heterocycles. The second-order valence-electron chi connectivity index (χ2n) is 5.43. The van der Waals surface area contributed by atoms with E-state index in [1.165, 1.54) is 28.2 Å². The van der Waals surface area contributed by atoms with Crippen molar-refractivity contribution in [3.8, 4) is 5.75 Å². The van der Waals surface area contributed by atoms with Gasteiger partial charge in [0.2, 0.25) is 0 Å². The third-order valence-corrected chi connectivity index (χ3v) is 4.18. The van der Waals surface area contributed by atoms with E-state index in [9.17, 15) is 0 Å². The van der Waals surface area contributed by atoms with Gasteiger partial charge < -0.3 is 9.64 Å². The minimum absolute atomic E-state index is 0.902. The minimum atomic E-state index is 0.902. The number of hydrogen-bond donors (Lipinski definition) is 0. The molecule has 2 nitrogen and oxygen atoms in total. The Bertz CT molecular complexity index is 811. The summed E-state index contributed by atoms with van der Waals surface area (Å²) in [5, 5.41) is 0. The topological polar surface area (TPSA) is 12.5 Å². The summed E-state index contributed by atoms with van der Waals surface area (Å²) in [6, 6.07) is 25.3. The zero-order chi connectivity index (χ0) is 14.9. The fraction of sp³-hybridized carbons (Fsp3) is 0.100. The number of fused-ring (bicyclic) bond motifs is 2. The summed E-state index contributed by atoms with van der Waals surface area (Å²) < 4.78 is 5.59. The van der Waals surface area contributed by atoms with Gasteiger partial charge in [0.05, 0.1) is 12.8 Å². The third kappa shape index (κ3) is 1.96. The van der Waals surface area contributed by atoms with E-state index in [0.717, 1.165) is 12.2 Å². The van der Waals surface area contributed by atoms with Crippen LogP contribution in [0.3, 0.4) is 0 Å². The molecule has 1 aliphatic rings. The first kappa shape index (κ1) is 13.0. The molecule has 3 aromatic rings. The van der Waals surface area contributed by atoms with Crippen LogP contribution in [-0.2, 0) is 6.42 Å². The van der Waals surface area contributed by atoms with Crippen LogP contribution < -0.4 is 9.64 Å². The van der Waals surface area contributed by atoms with Crippen molar-refractivity contribution in [2.75, 3.05) is 12.0 Å². The monoisotopic (exact) mass is 287 g/mol. The molecule has 0 bridgehead atoms. The van der Waals surface area contributed by atoms with Crippen molar-refractivity contribution in [1.29, 1.82) is 0 Å². The van der Waals surface area contributed by atoms with Crippen LogP contribution in [0.2, 0.25) is 0 Å². The number of nitrogens with zero attached hydrogens (tertiary/aromatic N) is 1. The van der Waals surface area contributed by atoms with E-state index in [2.05, 4.69) is 65.6 Å². The van der Waals surface area contributed by atoms with E-state index in [1.807, 2.05) is 12.1 Å². The van der Waals surface area contributed by atoms with E-state index in [0.29, 0.717) is 0 Å². The molecule has 0 saturated carbocycles. The Kier molecular flexibility index (Phi) is 3.08. The Morgan fingerprint density at radius 3 is 2.32 bits per heavy atom. The number of methoxy groups -OCH3 is 1. The molecule has 1 aliphatic heterocycles. The number of hydrogen-bond acceptors (Lipinski definition) is 2. The van der Waals surface area contributed by atoms with Crippen LogP contribution in [0, 0.1) is 0 Å². The largest absolute Gasteiger partial charge is 0.496 e. The molecule has 0 N–H and O–H groups in total. The lowest BCUT2D eigenvalue weighted by atomic mass is 9.94. The summed E-state index contributed by atoms with van der Waals surface area (Å²) >= 11 is 0. The van der Waals surface area contributed by atoms with E-state index in [4.69, 9.17) is 4.74 Å². The first-order valence-electron chi connectivity index (χ1n) is 7.47. The van der Waals surface area contributed by atoms with Crippen LogP contribution in [0.25, 0.3) is 0 Å². The van der Waals surface area contributed by atoms with Crippen molar-refractivity contribution in [2.24, 2.45) is 0 Å². The van der Waals surface area contributed by atoms with E-state index in [-0.39, 0.29) is 0 Å². The first-order chi connectivity index (χ1) is 10.9. The molecule has 108 valence electrons. The Morgan fingerprint density at radius 2 is 1.50 bits per heavy atom. The van der Waals surface area contributed by atoms with E-state index < -0.39 is 0 Å². The van der Waals surface area contributed by atoms with Crippen molar-refractivity contribution in [1.82, 2.24) is 0 Å². The van der Waals surface area contributed by atoms with E-state index >= 15 is 0 Å². The van der Waals surface area contributed by atoms with E-state index in [1.54, 1.807) is 7.11 Å². The fourth-order valence-electron chi connectivity index (χ4n) is 3.19. The van der Waals surface area contributed by atoms with Gasteiger partial charge in [0.1, 0.15) is 5.75 Å². The standard InChI is InChI=1S/C20H17NO/c1-22-20-13-7-12-19-17(20)14-15-8-5-6-11-18(15)21(19)16-9-3-2-4-10-16/h2-13H,14H2,1H3. The summed E-state index contributed by atoms with van der Waals surface area (Å²) in [5.74, 6) is 0.952. The van der Waals surface area contributed by atoms with Crippen molar-refractivity contribution in [3.63, 3.8) is 0 Å². The minimum Gasteiger partial charge on any atom is -0.496 e. The molecule has 4 rings (SSSR count). The lowest BCUT2D eigenvalue weighted by Crippen LogP contribution is -2.18. The number of rotatable bonds is 2. The van der Waals surface area contributed by atoms with Crippen LogP contribution in [0.5, 0.6) is 5.75 Å². The summed E-state index contributed by atoms with van der Waals surface area (Å²) in [6.07, 6.45) is 0.902. The van der Waals surface area contributed by atoms with Gasteiger partial charge in [-0.15, -0.1) is 0 Å². The van der Waals surface area contributed by atoms with Gasteiger partial charge in [0.25, 0.3) is 0 Å². The van der Waals surface area contributed by atoms with Crippen molar-refractivity contribution >= 4 is 17.1 Å². The SMILES string of the molecule is COc1cccc2c1Cc1ccccc1N2c1ccccc1. The Hall–Kier alpha value is -2.74. The van der Waals surface area contributed by atoms with Crippen LogP contribution in [0.1, 0.15) is 11.1 Å². The van der Waals surface area contributed by atoms with Crippen molar-refractivity contribution < 1.29 is 4.74 Å². The number of ether oxygens (including phenoxy) is 1. The van der Waals surface area contributed by atoms with Crippen LogP contribution in [0.4, 0.5) is 17.1 Å². The van der Waals surface area contributed by atoms with Gasteiger partial charge in [-0.2, -0.15) is 0 Å². The molecule has 0 fully saturated rings. The van der Waals surface area contributed by atoms with Crippen LogP contribution in [0.15, 0.2) is 72.8 Å². The summed E-state index contributed by atoms with van der Waals surface area (Å²) in [5.41, 5.74) is 6.18. The van der Waals surface area contributed by atoms with Gasteiger partial charge in [0, 0.05) is 23.4 Å². The molecule has 3 aromatic carbocycles. The zero-order valence-electron chi connectivity index (χ0n) is 12.5. The maximum atomic E-state index is 5.59. The molecule has 0 aromatic heterocycles. The van der Waals surface area contributed by atoms with Gasteiger partial charge >= 0.3 is 0 Å². The van der Waals surface area contributed by atoms with Gasteiger partial charge in [-0.05, 0) is 35.9 Å². The summed E-state index contributed by atoms with van der Waals surface area (Å²) in [6.45, 7) is 0. The zero-order valence-corrected chi connectivity index (χ0v) is 12.5. The summed E-state index contributed by atoms with van der Waals surface area (Å²) in [4.78, 5) is 2.32. The summed E-state index contributed by atoms with van der Waals surface area (Å²) in [7, 11) is 1.74. The first-order valence-corrected chi connectivity index (χ1v) is 7.47. The second-order valence-corrected chi connectivity index (χ2v) is 5.43. The predicted molar refractivity (Wildman–Crippen MR) is 90.5 cm³/mol. The molecule has 0 radical (unpaired) electrons. The van der Waals surface area contributed by atoms with Gasteiger partial charge in [-0.1, -0.05) is 42.5 Å². The molecule has 0 spiro atoms. The molecular weight excluding hydrogens is 270 g/mol. The van der Waals surface area contributed by atoms with Gasteiger partial charge in [0.15, 0.2) is 0 Å². The number of para-hydroxylation sites is 2. The van der Waals surface area contributed by atoms with Crippen molar-refractivity contribution in [2.45, 2.75) is 6.42 Å². The molecule has 22 heavy (non-hydrogen) atoms. The lowest BCUT2D eigenvalue weighted by Gasteiger charge is -2.34. The Labute approximate surface area is 130 Å². The highest BCUT2D eigenvalue weighted by Gasteiger charge is 2.25. The third-order valence-electron chi connectivity index (χ3n) is 4.18. The maximum absolute atomic E-state index is 5.59. The fourth-order valence-corrected chi connectivity index (χ4v) is 3.19. The highest BCUT2D eigenvalue weighted by atomic mass is 16.5. The predicted octanol–water partition coefficient (Wildman–Crippen LogP) is 5.07. The number of anilines is 3. The van der Waals surface area contributed by atoms with Crippen LogP contribution >= 0.6 is 0 Å². The van der Waals surface area contributed by atoms with Gasteiger partial charge in [-0.25, -0.2) is 0 Å². The maximum Gasteiger partial charge on any atom is 0.124 e. The second kappa shape index (κ2) is 5.23. The molecular formula is C20H17NO. The number of benzene rings is 3. The lowest BCUT2D eigenvalue weighted by molar-refractivity contribution is 0.410. The Morgan fingerprint density at radius 1 is 0.773 bits per heavy atom. The average molecular weight is 287 g/mol. The highest BCUT2D eigenvalue weighted by Crippen LogP contribution is 2.46. The molecule has 2 heteroatoms. The molecule has 0 atom stereocenters. The molecule has 0 amide bonds. The quantitative estimate of drug-likeness (QED) is 0.510. The molecule has 0 saturated heterocycles. The average Bonchev–Trinajstić information content (AvgIpc) is 2.60. The van der Waals surface area contributed by atoms with Crippen LogP contribution in [-0.4, -0.2) is 7.11 Å². The van der Waals surface area contributed by atoms with Gasteiger partial charge in [-0.3, -0.25) is 0 Å². The Balaban J connectivity index is 1.98. The highest BCUT2D eigenvalue weighted by molar-refractivity contribution is 5.84. The molecule has 0 aliphatic carbocycles. The van der Waals surface area contributed by atoms with Crippen molar-refractivity contribution in [3.05, 3.63) is 83.9 Å². The normalized spacial score (nSPS) is 12.5. The smallest absolute Gasteiger partial charge is 0.124 e.